The standard InChI is InChI=1S/C9H19O.O.Sn/c1-3-5-7-9(10)8-6-4-2;;/h9H,3-8H2,1-2H3;;/q-1;;+1. The van der Waals surface area contributed by atoms with Gasteiger partial charge in [0.1, 0.15) is 0 Å². The monoisotopic (exact) mass is 279 g/mol. The van der Waals surface area contributed by atoms with E-state index in [1.165, 1.54) is 25.7 Å². The van der Waals surface area contributed by atoms with Crippen LogP contribution in [0.15, 0.2) is 0 Å². The number of rotatable bonds is 8. The van der Waals surface area contributed by atoms with Crippen LogP contribution in [-0.4, -0.2) is 27.6 Å². The summed E-state index contributed by atoms with van der Waals surface area (Å²) in [6.45, 7) is 4.35. The Labute approximate surface area is 86.2 Å². The van der Waals surface area contributed by atoms with Crippen LogP contribution >= 0.6 is 0 Å². The molecule has 0 atom stereocenters. The van der Waals surface area contributed by atoms with Gasteiger partial charge in [-0.2, -0.15) is 0 Å². The van der Waals surface area contributed by atoms with Gasteiger partial charge < -0.3 is 0 Å². The molecule has 0 saturated heterocycles. The molecule has 12 heavy (non-hydrogen) atoms. The summed E-state index contributed by atoms with van der Waals surface area (Å²) in [7, 11) is 0. The molecule has 1 radical (unpaired) electrons. The Kier molecular flexibility index (Phi) is 10.1. The topological polar surface area (TPSA) is 26.3 Å². The van der Waals surface area contributed by atoms with Crippen molar-refractivity contribution < 1.29 is 6.15 Å². The predicted octanol–water partition coefficient (Wildman–Crippen LogP) is 2.72. The Morgan fingerprint density at radius 2 is 1.67 bits per heavy atom. The fourth-order valence-electron chi connectivity index (χ4n) is 1.19. The summed E-state index contributed by atoms with van der Waals surface area (Å²) < 4.78 is 15.7. The molecule has 0 aliphatic heterocycles. The molecule has 0 heterocycles. The third-order valence-corrected chi connectivity index (χ3v) is 3.20. The molecule has 0 aromatic heterocycles. The Morgan fingerprint density at radius 1 is 1.17 bits per heavy atom. The third kappa shape index (κ3) is 7.22. The van der Waals surface area contributed by atoms with Gasteiger partial charge in [0.15, 0.2) is 0 Å². The van der Waals surface area contributed by atoms with Gasteiger partial charge in [0.2, 0.25) is 0 Å². The van der Waals surface area contributed by atoms with E-state index in [1.54, 1.807) is 0 Å². The summed E-state index contributed by atoms with van der Waals surface area (Å²) in [5.41, 5.74) is 0. The van der Waals surface area contributed by atoms with Crippen molar-refractivity contribution in [1.29, 1.82) is 0 Å². The fourth-order valence-corrected chi connectivity index (χ4v) is 2.25. The van der Waals surface area contributed by atoms with Crippen LogP contribution in [0.3, 0.4) is 0 Å². The van der Waals surface area contributed by atoms with Crippen LogP contribution in [-0.2, 0) is 6.15 Å². The van der Waals surface area contributed by atoms with Gasteiger partial charge in [-0.15, -0.1) is 0 Å². The fraction of sp³-hybridized carbons (Fsp3) is 1.00. The van der Waals surface area contributed by atoms with Crippen LogP contribution in [0.4, 0.5) is 0 Å². The van der Waals surface area contributed by atoms with Crippen molar-refractivity contribution >= 4 is 21.5 Å². The minimum absolute atomic E-state index is 0.300. The first-order valence-electron chi connectivity index (χ1n) is 4.87. The van der Waals surface area contributed by atoms with Crippen LogP contribution in [0, 0.1) is 0 Å². The molecule has 0 unspecified atom stereocenters. The Balaban J connectivity index is 3.46. The molecule has 0 aromatic carbocycles. The van der Waals surface area contributed by atoms with Crippen molar-refractivity contribution in [2.75, 3.05) is 0 Å². The van der Waals surface area contributed by atoms with Crippen LogP contribution in [0.2, 0.25) is 0 Å². The molecule has 0 N–H and O–H groups in total. The van der Waals surface area contributed by atoms with Crippen LogP contribution in [0.1, 0.15) is 52.4 Å². The summed E-state index contributed by atoms with van der Waals surface area (Å²) in [6.07, 6.45) is 7.31. The summed E-state index contributed by atoms with van der Waals surface area (Å²) in [6, 6.07) is 0. The Hall–Kier alpha value is 0.559. The van der Waals surface area contributed by atoms with E-state index in [0.717, 1.165) is 12.8 Å². The molecule has 0 fully saturated rings. The quantitative estimate of drug-likeness (QED) is 0.638. The molecule has 0 amide bonds. The maximum absolute atomic E-state index is 10.4. The second kappa shape index (κ2) is 9.65. The van der Waals surface area contributed by atoms with Gasteiger partial charge in [-0.05, 0) is 0 Å². The van der Waals surface area contributed by atoms with Crippen LogP contribution in [0.25, 0.3) is 0 Å². The zero-order valence-electron chi connectivity index (χ0n) is 8.14. The molecular formula is C9H19O2Sn. The normalized spacial score (nSPS) is 10.6. The van der Waals surface area contributed by atoms with Gasteiger partial charge in [-0.25, -0.2) is 0 Å². The average molecular weight is 278 g/mol. The van der Waals surface area contributed by atoms with Gasteiger partial charge in [0.05, 0.1) is 0 Å². The van der Waals surface area contributed by atoms with Crippen molar-refractivity contribution in [3.63, 3.8) is 0 Å². The van der Waals surface area contributed by atoms with Crippen LogP contribution in [0.5, 0.6) is 0 Å². The molecule has 0 saturated carbocycles. The predicted molar refractivity (Wildman–Crippen MR) is 50.4 cm³/mol. The summed E-state index contributed by atoms with van der Waals surface area (Å²) in [5, 5.41) is 0. The number of unbranched alkanes of at least 4 members (excludes halogenated alkanes) is 2. The Morgan fingerprint density at radius 3 is 2.00 bits per heavy atom. The first kappa shape index (κ1) is 12.6. The van der Waals surface area contributed by atoms with E-state index in [-0.39, 0.29) is 0 Å². The second-order valence-corrected chi connectivity index (χ2v) is 4.26. The van der Waals surface area contributed by atoms with Gasteiger partial charge in [0.25, 0.3) is 0 Å². The van der Waals surface area contributed by atoms with E-state index in [0.29, 0.717) is 6.10 Å². The molecule has 71 valence electrons. The molecule has 0 aliphatic carbocycles. The SMILES string of the molecule is CCCCC(CCCC)[O][Sn]=[O]. The van der Waals surface area contributed by atoms with Crippen molar-refractivity contribution in [3.8, 4) is 0 Å². The minimum atomic E-state index is -1.68. The van der Waals surface area contributed by atoms with Gasteiger partial charge in [-0.1, -0.05) is 0 Å². The first-order chi connectivity index (χ1) is 5.85. The molecule has 0 spiro atoms. The Bertz CT molecular complexity index is 98.7. The molecule has 2 nitrogen and oxygen atoms in total. The van der Waals surface area contributed by atoms with Crippen molar-refractivity contribution in [2.45, 2.75) is 58.5 Å². The van der Waals surface area contributed by atoms with Gasteiger partial charge >= 0.3 is 86.2 Å². The zero-order valence-corrected chi connectivity index (χ0v) is 11.0. The number of hydrogen-bond donors (Lipinski definition) is 0. The van der Waals surface area contributed by atoms with E-state index in [1.807, 2.05) is 0 Å². The molecule has 0 aromatic rings. The van der Waals surface area contributed by atoms with Crippen molar-refractivity contribution in [1.82, 2.24) is 0 Å². The van der Waals surface area contributed by atoms with E-state index in [4.69, 9.17) is 3.07 Å². The van der Waals surface area contributed by atoms with Gasteiger partial charge in [-0.3, -0.25) is 0 Å². The average Bonchev–Trinajstić information content (AvgIpc) is 2.10. The third-order valence-electron chi connectivity index (χ3n) is 1.97. The van der Waals surface area contributed by atoms with E-state index < -0.39 is 21.5 Å². The molecule has 0 rings (SSSR count). The molecular weight excluding hydrogens is 259 g/mol. The van der Waals surface area contributed by atoms with Crippen molar-refractivity contribution in [2.24, 2.45) is 0 Å². The maximum atomic E-state index is 10.4. The molecule has 3 heteroatoms. The first-order valence-corrected chi connectivity index (χ1v) is 7.21. The summed E-state index contributed by atoms with van der Waals surface area (Å²) >= 11 is -1.68. The molecule has 0 aliphatic rings. The van der Waals surface area contributed by atoms with E-state index in [9.17, 15) is 3.08 Å². The zero-order chi connectivity index (χ0) is 9.23. The summed E-state index contributed by atoms with van der Waals surface area (Å²) in [4.78, 5) is 0. The van der Waals surface area contributed by atoms with E-state index >= 15 is 0 Å². The van der Waals surface area contributed by atoms with Crippen molar-refractivity contribution in [3.05, 3.63) is 0 Å². The molecule has 0 bridgehead atoms. The number of hydrogen-bond acceptors (Lipinski definition) is 2. The van der Waals surface area contributed by atoms with Crippen LogP contribution < -0.4 is 0 Å². The second-order valence-electron chi connectivity index (χ2n) is 3.11. The van der Waals surface area contributed by atoms with Gasteiger partial charge in [0, 0.05) is 0 Å². The van der Waals surface area contributed by atoms with E-state index in [2.05, 4.69) is 13.8 Å². The summed E-state index contributed by atoms with van der Waals surface area (Å²) in [5.74, 6) is 0.